The van der Waals surface area contributed by atoms with Gasteiger partial charge >= 0.3 is 6.03 Å². The molecule has 2 aromatic rings. The van der Waals surface area contributed by atoms with Crippen LogP contribution in [0.2, 0.25) is 0 Å². The minimum atomic E-state index is -0.102. The first-order valence-electron chi connectivity index (χ1n) is 8.81. The van der Waals surface area contributed by atoms with Crippen LogP contribution < -0.4 is 15.5 Å². The Morgan fingerprint density at radius 3 is 2.73 bits per heavy atom. The molecule has 2 N–H and O–H groups in total. The van der Waals surface area contributed by atoms with Gasteiger partial charge in [0, 0.05) is 36.8 Å². The highest BCUT2D eigenvalue weighted by Crippen LogP contribution is 2.35. The number of benzene rings is 2. The minimum absolute atomic E-state index is 0.0175. The third kappa shape index (κ3) is 3.41. The van der Waals surface area contributed by atoms with Crippen LogP contribution in [0.3, 0.4) is 0 Å². The first-order valence-corrected chi connectivity index (χ1v) is 8.81. The lowest BCUT2D eigenvalue weighted by Gasteiger charge is -2.27. The van der Waals surface area contributed by atoms with E-state index in [0.29, 0.717) is 32.7 Å². The fraction of sp³-hybridized carbons (Fsp3) is 0.300. The predicted molar refractivity (Wildman–Crippen MR) is 99.3 cm³/mol. The maximum Gasteiger partial charge on any atom is 0.321 e. The third-order valence-electron chi connectivity index (χ3n) is 4.78. The second-order valence-electron chi connectivity index (χ2n) is 6.61. The molecule has 0 radical (unpaired) electrons. The van der Waals surface area contributed by atoms with Gasteiger partial charge in [-0.1, -0.05) is 36.4 Å². The Labute approximate surface area is 152 Å². The molecule has 0 aliphatic carbocycles. The molecule has 0 spiro atoms. The van der Waals surface area contributed by atoms with Gasteiger partial charge in [-0.15, -0.1) is 0 Å². The zero-order valence-corrected chi connectivity index (χ0v) is 14.4. The first kappa shape index (κ1) is 16.6. The molecule has 0 unspecified atom stereocenters. The number of urea groups is 1. The molecule has 0 bridgehead atoms. The van der Waals surface area contributed by atoms with E-state index in [1.807, 2.05) is 48.5 Å². The van der Waals surface area contributed by atoms with Crippen molar-refractivity contribution >= 4 is 23.3 Å². The maximum atomic E-state index is 12.1. The van der Waals surface area contributed by atoms with Gasteiger partial charge in [0.25, 0.3) is 0 Å². The SMILES string of the molecule is O=C1C[C@H](COCc2ccccc2)c2ccc(N3CCNC3=O)cc2N1. The van der Waals surface area contributed by atoms with Crippen molar-refractivity contribution in [3.63, 3.8) is 0 Å². The van der Waals surface area contributed by atoms with Crippen LogP contribution in [-0.4, -0.2) is 31.6 Å². The van der Waals surface area contributed by atoms with Crippen LogP contribution >= 0.6 is 0 Å². The van der Waals surface area contributed by atoms with Crippen LogP contribution in [0.4, 0.5) is 16.2 Å². The van der Waals surface area contributed by atoms with Crippen LogP contribution in [0.25, 0.3) is 0 Å². The Morgan fingerprint density at radius 1 is 1.12 bits per heavy atom. The van der Waals surface area contributed by atoms with E-state index in [4.69, 9.17) is 4.74 Å². The van der Waals surface area contributed by atoms with Gasteiger partial charge in [0.15, 0.2) is 0 Å². The molecule has 1 saturated heterocycles. The molecule has 0 aromatic heterocycles. The molecular formula is C20H21N3O3. The largest absolute Gasteiger partial charge is 0.376 e. The zero-order valence-electron chi connectivity index (χ0n) is 14.4. The van der Waals surface area contributed by atoms with E-state index in [-0.39, 0.29) is 17.9 Å². The topological polar surface area (TPSA) is 70.7 Å². The van der Waals surface area contributed by atoms with E-state index in [0.717, 1.165) is 22.5 Å². The van der Waals surface area contributed by atoms with Crippen molar-refractivity contribution in [2.24, 2.45) is 0 Å². The van der Waals surface area contributed by atoms with Crippen molar-refractivity contribution in [2.75, 3.05) is 29.9 Å². The van der Waals surface area contributed by atoms with Crippen LogP contribution in [0.1, 0.15) is 23.5 Å². The van der Waals surface area contributed by atoms with E-state index in [1.165, 1.54) is 0 Å². The van der Waals surface area contributed by atoms with Gasteiger partial charge < -0.3 is 15.4 Å². The highest BCUT2D eigenvalue weighted by Gasteiger charge is 2.28. The van der Waals surface area contributed by atoms with Crippen molar-refractivity contribution in [1.82, 2.24) is 5.32 Å². The summed E-state index contributed by atoms with van der Waals surface area (Å²) in [4.78, 5) is 25.6. The number of rotatable bonds is 5. The number of nitrogens with zero attached hydrogens (tertiary/aromatic N) is 1. The molecule has 2 aliphatic rings. The molecule has 4 rings (SSSR count). The Morgan fingerprint density at radius 2 is 1.96 bits per heavy atom. The molecular weight excluding hydrogens is 330 g/mol. The maximum absolute atomic E-state index is 12.1. The van der Waals surface area contributed by atoms with Gasteiger partial charge in [0.2, 0.25) is 5.91 Å². The molecule has 2 heterocycles. The van der Waals surface area contributed by atoms with Gasteiger partial charge in [-0.2, -0.15) is 0 Å². The minimum Gasteiger partial charge on any atom is -0.376 e. The summed E-state index contributed by atoms with van der Waals surface area (Å²) in [5.74, 6) is -0.00208. The summed E-state index contributed by atoms with van der Waals surface area (Å²) < 4.78 is 5.86. The van der Waals surface area contributed by atoms with Gasteiger partial charge in [0.05, 0.1) is 13.2 Å². The summed E-state index contributed by atoms with van der Waals surface area (Å²) in [5.41, 5.74) is 3.74. The molecule has 0 saturated carbocycles. The average Bonchev–Trinajstić information content (AvgIpc) is 3.08. The van der Waals surface area contributed by atoms with E-state index in [1.54, 1.807) is 4.90 Å². The molecule has 26 heavy (non-hydrogen) atoms. The number of carbonyl (C=O) groups is 2. The van der Waals surface area contributed by atoms with Crippen LogP contribution in [0.5, 0.6) is 0 Å². The van der Waals surface area contributed by atoms with Crippen molar-refractivity contribution in [3.05, 3.63) is 59.7 Å². The molecule has 1 atom stereocenters. The Hall–Kier alpha value is -2.86. The number of hydrogen-bond acceptors (Lipinski definition) is 3. The van der Waals surface area contributed by atoms with E-state index >= 15 is 0 Å². The van der Waals surface area contributed by atoms with Crippen molar-refractivity contribution in [1.29, 1.82) is 0 Å². The highest BCUT2D eigenvalue weighted by molar-refractivity contribution is 5.98. The lowest BCUT2D eigenvalue weighted by Crippen LogP contribution is -2.29. The normalized spacial score (nSPS) is 19.1. The monoisotopic (exact) mass is 351 g/mol. The Balaban J connectivity index is 1.48. The summed E-state index contributed by atoms with van der Waals surface area (Å²) in [7, 11) is 0. The average molecular weight is 351 g/mol. The fourth-order valence-electron chi connectivity index (χ4n) is 3.47. The number of ether oxygens (including phenoxy) is 1. The number of carbonyl (C=O) groups excluding carboxylic acids is 2. The summed E-state index contributed by atoms with van der Waals surface area (Å²) in [6, 6.07) is 15.7. The van der Waals surface area contributed by atoms with Gasteiger partial charge in [-0.3, -0.25) is 9.69 Å². The number of nitrogens with one attached hydrogen (secondary N) is 2. The fourth-order valence-corrected chi connectivity index (χ4v) is 3.47. The molecule has 6 heteroatoms. The quantitative estimate of drug-likeness (QED) is 0.870. The van der Waals surface area contributed by atoms with Crippen molar-refractivity contribution in [2.45, 2.75) is 18.9 Å². The predicted octanol–water partition coefficient (Wildman–Crippen LogP) is 2.86. The van der Waals surface area contributed by atoms with Crippen molar-refractivity contribution in [3.8, 4) is 0 Å². The van der Waals surface area contributed by atoms with Gasteiger partial charge in [-0.25, -0.2) is 4.79 Å². The standard InChI is InChI=1S/C20H21N3O3/c24-19-10-15(13-26-12-14-4-2-1-3-5-14)17-7-6-16(11-18(17)22-19)23-9-8-21-20(23)25/h1-7,11,15H,8-10,12-13H2,(H,21,25)(H,22,24)/t15-/m1/s1. The lowest BCUT2D eigenvalue weighted by atomic mass is 9.91. The molecule has 134 valence electrons. The second kappa shape index (κ2) is 7.17. The van der Waals surface area contributed by atoms with Gasteiger partial charge in [-0.05, 0) is 23.3 Å². The summed E-state index contributed by atoms with van der Waals surface area (Å²) in [5, 5.41) is 5.71. The molecule has 2 aromatic carbocycles. The number of anilines is 2. The second-order valence-corrected chi connectivity index (χ2v) is 6.61. The summed E-state index contributed by atoms with van der Waals surface area (Å²) in [6.07, 6.45) is 0.408. The Kier molecular flexibility index (Phi) is 4.58. The number of amides is 3. The smallest absolute Gasteiger partial charge is 0.321 e. The lowest BCUT2D eigenvalue weighted by molar-refractivity contribution is -0.117. The van der Waals surface area contributed by atoms with E-state index in [2.05, 4.69) is 10.6 Å². The van der Waals surface area contributed by atoms with Crippen LogP contribution in [0, 0.1) is 0 Å². The Bertz CT molecular complexity index is 822. The molecule has 6 nitrogen and oxygen atoms in total. The van der Waals surface area contributed by atoms with Crippen molar-refractivity contribution < 1.29 is 14.3 Å². The zero-order chi connectivity index (χ0) is 17.9. The summed E-state index contributed by atoms with van der Waals surface area (Å²) in [6.45, 7) is 2.28. The number of fused-ring (bicyclic) bond motifs is 1. The highest BCUT2D eigenvalue weighted by atomic mass is 16.5. The van der Waals surface area contributed by atoms with Crippen LogP contribution in [0.15, 0.2) is 48.5 Å². The molecule has 2 aliphatic heterocycles. The first-order chi connectivity index (χ1) is 12.7. The summed E-state index contributed by atoms with van der Waals surface area (Å²) >= 11 is 0. The number of hydrogen-bond donors (Lipinski definition) is 2. The molecule has 3 amide bonds. The van der Waals surface area contributed by atoms with Crippen LogP contribution in [-0.2, 0) is 16.1 Å². The van der Waals surface area contributed by atoms with Gasteiger partial charge in [0.1, 0.15) is 0 Å². The van der Waals surface area contributed by atoms with E-state index in [9.17, 15) is 9.59 Å². The van der Waals surface area contributed by atoms with E-state index < -0.39 is 0 Å². The molecule has 1 fully saturated rings. The third-order valence-corrected chi connectivity index (χ3v) is 4.78.